The van der Waals surface area contributed by atoms with Crippen LogP contribution >= 0.6 is 0 Å². The summed E-state index contributed by atoms with van der Waals surface area (Å²) in [6, 6.07) is 11.3. The van der Waals surface area contributed by atoms with Gasteiger partial charge in [-0.1, -0.05) is 30.3 Å². The second-order valence-electron chi connectivity index (χ2n) is 7.31. The molecule has 0 radical (unpaired) electrons. The number of hydrogen-bond donors (Lipinski definition) is 0. The molecule has 2 aliphatic rings. The highest BCUT2D eigenvalue weighted by Gasteiger charge is 2.27. The van der Waals surface area contributed by atoms with Crippen LogP contribution in [0.5, 0.6) is 0 Å². The number of nitrogens with zero attached hydrogens (tertiary/aromatic N) is 4. The van der Waals surface area contributed by atoms with Gasteiger partial charge in [-0.15, -0.1) is 0 Å². The Morgan fingerprint density at radius 2 is 1.75 bits per heavy atom. The molecule has 2 aromatic rings. The Hall–Kier alpha value is -1.65. The summed E-state index contributed by atoms with van der Waals surface area (Å²) in [6.07, 6.45) is 9.75. The number of hydrogen-bond acceptors (Lipinski definition) is 3. The van der Waals surface area contributed by atoms with Gasteiger partial charge in [0.05, 0.1) is 12.7 Å². The molecule has 4 nitrogen and oxygen atoms in total. The van der Waals surface area contributed by atoms with E-state index in [0.717, 1.165) is 19.1 Å². The predicted molar refractivity (Wildman–Crippen MR) is 96.9 cm³/mol. The van der Waals surface area contributed by atoms with Crippen molar-refractivity contribution < 1.29 is 0 Å². The van der Waals surface area contributed by atoms with Gasteiger partial charge in [0.2, 0.25) is 0 Å². The zero-order chi connectivity index (χ0) is 16.2. The van der Waals surface area contributed by atoms with E-state index in [1.807, 2.05) is 6.20 Å². The van der Waals surface area contributed by atoms with Gasteiger partial charge in [0.15, 0.2) is 0 Å². The lowest BCUT2D eigenvalue weighted by molar-refractivity contribution is 0.110. The third-order valence-electron chi connectivity index (χ3n) is 5.42. The fourth-order valence-electron chi connectivity index (χ4n) is 4.18. The van der Waals surface area contributed by atoms with Crippen LogP contribution in [0.3, 0.4) is 0 Å². The lowest BCUT2D eigenvalue weighted by Crippen LogP contribution is -2.46. The van der Waals surface area contributed by atoms with E-state index in [1.54, 1.807) is 0 Å². The van der Waals surface area contributed by atoms with Gasteiger partial charge >= 0.3 is 0 Å². The minimum absolute atomic E-state index is 0.778. The van der Waals surface area contributed by atoms with Gasteiger partial charge in [0.1, 0.15) is 0 Å². The Kier molecular flexibility index (Phi) is 4.95. The minimum atomic E-state index is 0.778. The first kappa shape index (κ1) is 15.9. The lowest BCUT2D eigenvalue weighted by Gasteiger charge is -2.37. The van der Waals surface area contributed by atoms with Gasteiger partial charge in [-0.3, -0.25) is 14.5 Å². The number of likely N-dealkylation sites (tertiary alicyclic amines) is 2. The van der Waals surface area contributed by atoms with Gasteiger partial charge < -0.3 is 0 Å². The van der Waals surface area contributed by atoms with Gasteiger partial charge in [-0.05, 0) is 50.9 Å². The maximum absolute atomic E-state index is 4.55. The Labute approximate surface area is 145 Å². The smallest absolute Gasteiger partial charge is 0.0659 e. The average molecular weight is 324 g/mol. The first-order valence-electron chi connectivity index (χ1n) is 9.38. The SMILES string of the molecule is c1ccc(Cn2cc(CN3CCCC(N4CCCC4)C3)cn2)cc1. The Bertz CT molecular complexity index is 630. The molecule has 1 aromatic carbocycles. The Morgan fingerprint density at radius 3 is 2.58 bits per heavy atom. The molecule has 1 atom stereocenters. The van der Waals surface area contributed by atoms with Gasteiger partial charge in [-0.25, -0.2) is 0 Å². The van der Waals surface area contributed by atoms with Gasteiger partial charge in [0, 0.05) is 30.9 Å². The molecule has 1 aromatic heterocycles. The topological polar surface area (TPSA) is 24.3 Å². The molecule has 1 unspecified atom stereocenters. The number of aromatic nitrogens is 2. The molecule has 0 spiro atoms. The fraction of sp³-hybridized carbons (Fsp3) is 0.550. The largest absolute Gasteiger partial charge is 0.299 e. The summed E-state index contributed by atoms with van der Waals surface area (Å²) in [4.78, 5) is 5.33. The molecular weight excluding hydrogens is 296 g/mol. The van der Waals surface area contributed by atoms with E-state index in [1.165, 1.54) is 63.0 Å². The molecule has 0 bridgehead atoms. The number of benzene rings is 1. The summed E-state index contributed by atoms with van der Waals surface area (Å²) in [6.45, 7) is 6.98. The van der Waals surface area contributed by atoms with Crippen LogP contribution in [0.25, 0.3) is 0 Å². The van der Waals surface area contributed by atoms with Crippen LogP contribution in [-0.4, -0.2) is 51.8 Å². The summed E-state index contributed by atoms with van der Waals surface area (Å²) in [5.74, 6) is 0. The standard InChI is InChI=1S/C20H28N4/c1-2-7-18(8-3-1)15-24-16-19(13-21-24)14-22-10-6-9-20(17-22)23-11-4-5-12-23/h1-3,7-8,13,16,20H,4-6,9-12,14-15,17H2. The van der Waals surface area contributed by atoms with Crippen molar-refractivity contribution in [3.8, 4) is 0 Å². The van der Waals surface area contributed by atoms with Crippen LogP contribution in [0, 0.1) is 0 Å². The van der Waals surface area contributed by atoms with E-state index in [9.17, 15) is 0 Å². The molecule has 2 saturated heterocycles. The molecule has 4 heteroatoms. The lowest BCUT2D eigenvalue weighted by atomic mass is 10.0. The maximum atomic E-state index is 4.55. The third kappa shape index (κ3) is 3.87. The maximum Gasteiger partial charge on any atom is 0.0659 e. The molecule has 0 amide bonds. The van der Waals surface area contributed by atoms with Crippen molar-refractivity contribution in [1.82, 2.24) is 19.6 Å². The summed E-state index contributed by atoms with van der Waals surface area (Å²) < 4.78 is 2.06. The Morgan fingerprint density at radius 1 is 0.917 bits per heavy atom. The molecule has 128 valence electrons. The van der Waals surface area contributed by atoms with Crippen LogP contribution in [0.2, 0.25) is 0 Å². The van der Waals surface area contributed by atoms with E-state index >= 15 is 0 Å². The summed E-state index contributed by atoms with van der Waals surface area (Å²) >= 11 is 0. The molecule has 0 aliphatic carbocycles. The van der Waals surface area contributed by atoms with Crippen molar-refractivity contribution in [1.29, 1.82) is 0 Å². The van der Waals surface area contributed by atoms with Crippen LogP contribution in [0.15, 0.2) is 42.7 Å². The molecule has 2 fully saturated rings. The first-order valence-corrected chi connectivity index (χ1v) is 9.38. The minimum Gasteiger partial charge on any atom is -0.299 e. The average Bonchev–Trinajstić information content (AvgIpc) is 3.28. The molecule has 4 rings (SSSR count). The second kappa shape index (κ2) is 7.49. The van der Waals surface area contributed by atoms with Gasteiger partial charge in [-0.2, -0.15) is 5.10 Å². The van der Waals surface area contributed by atoms with Crippen molar-refractivity contribution in [2.45, 2.75) is 44.8 Å². The highest BCUT2D eigenvalue weighted by Crippen LogP contribution is 2.21. The summed E-state index contributed by atoms with van der Waals surface area (Å²) in [7, 11) is 0. The van der Waals surface area contributed by atoms with Crippen LogP contribution < -0.4 is 0 Å². The quantitative estimate of drug-likeness (QED) is 0.845. The molecule has 2 aliphatic heterocycles. The van der Waals surface area contributed by atoms with Crippen LogP contribution in [-0.2, 0) is 13.1 Å². The summed E-state index contributed by atoms with van der Waals surface area (Å²) in [5.41, 5.74) is 2.65. The molecule has 0 N–H and O–H groups in total. The van der Waals surface area contributed by atoms with Crippen molar-refractivity contribution in [3.63, 3.8) is 0 Å². The first-order chi connectivity index (χ1) is 11.9. The molecule has 3 heterocycles. The van der Waals surface area contributed by atoms with Gasteiger partial charge in [0.25, 0.3) is 0 Å². The monoisotopic (exact) mass is 324 g/mol. The number of rotatable bonds is 5. The second-order valence-corrected chi connectivity index (χ2v) is 7.31. The fourth-order valence-corrected chi connectivity index (χ4v) is 4.18. The van der Waals surface area contributed by atoms with Crippen molar-refractivity contribution in [2.24, 2.45) is 0 Å². The predicted octanol–water partition coefficient (Wildman–Crippen LogP) is 2.99. The normalized spacial score (nSPS) is 22.9. The zero-order valence-electron chi connectivity index (χ0n) is 14.5. The van der Waals surface area contributed by atoms with Crippen molar-refractivity contribution >= 4 is 0 Å². The zero-order valence-corrected chi connectivity index (χ0v) is 14.5. The highest BCUT2D eigenvalue weighted by atomic mass is 15.3. The van der Waals surface area contributed by atoms with E-state index in [2.05, 4.69) is 56.1 Å². The van der Waals surface area contributed by atoms with E-state index < -0.39 is 0 Å². The summed E-state index contributed by atoms with van der Waals surface area (Å²) in [5, 5.41) is 4.55. The molecule has 24 heavy (non-hydrogen) atoms. The van der Waals surface area contributed by atoms with E-state index in [-0.39, 0.29) is 0 Å². The van der Waals surface area contributed by atoms with Crippen LogP contribution in [0.1, 0.15) is 36.8 Å². The third-order valence-corrected chi connectivity index (χ3v) is 5.42. The Balaban J connectivity index is 1.33. The number of piperidine rings is 1. The van der Waals surface area contributed by atoms with Crippen molar-refractivity contribution in [3.05, 3.63) is 53.9 Å². The van der Waals surface area contributed by atoms with Crippen molar-refractivity contribution in [2.75, 3.05) is 26.2 Å². The van der Waals surface area contributed by atoms with Crippen LogP contribution in [0.4, 0.5) is 0 Å². The molecule has 0 saturated carbocycles. The highest BCUT2D eigenvalue weighted by molar-refractivity contribution is 5.15. The van der Waals surface area contributed by atoms with E-state index in [4.69, 9.17) is 0 Å². The van der Waals surface area contributed by atoms with E-state index in [0.29, 0.717) is 0 Å². The molecular formula is C20H28N4.